The third kappa shape index (κ3) is 3.89. The topological polar surface area (TPSA) is 100 Å². The van der Waals surface area contributed by atoms with Crippen LogP contribution in [0.5, 0.6) is 0 Å². The van der Waals surface area contributed by atoms with Crippen LogP contribution in [-0.4, -0.2) is 52.2 Å². The molecule has 0 unspecified atom stereocenters. The van der Waals surface area contributed by atoms with Crippen LogP contribution in [0.15, 0.2) is 47.4 Å². The largest absolute Gasteiger partial charge is 0.360 e. The van der Waals surface area contributed by atoms with Gasteiger partial charge in [-0.1, -0.05) is 11.2 Å². The molecule has 1 amide bonds. The van der Waals surface area contributed by atoms with Crippen molar-refractivity contribution < 1.29 is 9.32 Å². The van der Waals surface area contributed by atoms with Gasteiger partial charge in [-0.2, -0.15) is 0 Å². The van der Waals surface area contributed by atoms with Gasteiger partial charge in [-0.25, -0.2) is 15.0 Å². The third-order valence-electron chi connectivity index (χ3n) is 5.17. The van der Waals surface area contributed by atoms with E-state index in [9.17, 15) is 4.79 Å². The number of anilines is 3. The number of carbonyl (C=O) groups is 1. The molecule has 0 bridgehead atoms. The molecule has 0 atom stereocenters. The highest BCUT2D eigenvalue weighted by Crippen LogP contribution is 2.40. The molecule has 9 heteroatoms. The van der Waals surface area contributed by atoms with Crippen LogP contribution in [0.1, 0.15) is 35.0 Å². The summed E-state index contributed by atoms with van der Waals surface area (Å²) in [6, 6.07) is 7.65. The van der Waals surface area contributed by atoms with Crippen molar-refractivity contribution in [2.45, 2.75) is 18.8 Å². The number of nitrogens with zero attached hydrogens (tertiary/aromatic N) is 6. The number of pyridine rings is 1. The van der Waals surface area contributed by atoms with Crippen molar-refractivity contribution in [1.82, 2.24) is 20.1 Å². The molecule has 0 aromatic carbocycles. The lowest BCUT2D eigenvalue weighted by atomic mass is 10.3. The fourth-order valence-electron chi connectivity index (χ4n) is 3.38. The number of hydrogen-bond donors (Lipinski definition) is 1. The Morgan fingerprint density at radius 2 is 1.79 bits per heavy atom. The first-order valence-electron chi connectivity index (χ1n) is 9.77. The SMILES string of the molecule is O=C(Nc1cnc(N2CCN(c3ccccn3)CC2)nc1)c1cc(C2CC2)on1. The summed E-state index contributed by atoms with van der Waals surface area (Å²) in [6.45, 7) is 3.33. The minimum Gasteiger partial charge on any atom is -0.360 e. The number of hydrogen-bond acceptors (Lipinski definition) is 8. The fraction of sp³-hybridized carbons (Fsp3) is 0.350. The van der Waals surface area contributed by atoms with E-state index >= 15 is 0 Å². The van der Waals surface area contributed by atoms with E-state index in [1.54, 1.807) is 18.5 Å². The second kappa shape index (κ2) is 7.50. The average Bonchev–Trinajstić information content (AvgIpc) is 3.51. The zero-order valence-corrected chi connectivity index (χ0v) is 15.9. The Labute approximate surface area is 167 Å². The van der Waals surface area contributed by atoms with Gasteiger partial charge >= 0.3 is 0 Å². The molecule has 29 heavy (non-hydrogen) atoms. The Morgan fingerprint density at radius 1 is 1.03 bits per heavy atom. The lowest BCUT2D eigenvalue weighted by Crippen LogP contribution is -2.47. The molecule has 0 radical (unpaired) electrons. The molecule has 4 heterocycles. The molecule has 3 aromatic heterocycles. The van der Waals surface area contributed by atoms with Gasteiger partial charge in [0.15, 0.2) is 5.69 Å². The maximum absolute atomic E-state index is 12.3. The van der Waals surface area contributed by atoms with Crippen LogP contribution in [0, 0.1) is 0 Å². The van der Waals surface area contributed by atoms with E-state index < -0.39 is 0 Å². The zero-order chi connectivity index (χ0) is 19.6. The number of amides is 1. The summed E-state index contributed by atoms with van der Waals surface area (Å²) in [4.78, 5) is 29.9. The van der Waals surface area contributed by atoms with Gasteiger partial charge in [0.1, 0.15) is 11.6 Å². The van der Waals surface area contributed by atoms with Gasteiger partial charge < -0.3 is 19.6 Å². The Balaban J connectivity index is 1.17. The molecule has 2 fully saturated rings. The van der Waals surface area contributed by atoms with Crippen molar-refractivity contribution in [1.29, 1.82) is 0 Å². The Kier molecular flexibility index (Phi) is 4.55. The summed E-state index contributed by atoms with van der Waals surface area (Å²) in [5, 5.41) is 6.62. The van der Waals surface area contributed by atoms with Crippen LogP contribution in [0.25, 0.3) is 0 Å². The van der Waals surface area contributed by atoms with Crippen LogP contribution in [0.2, 0.25) is 0 Å². The predicted molar refractivity (Wildman–Crippen MR) is 107 cm³/mol. The van der Waals surface area contributed by atoms with E-state index in [4.69, 9.17) is 4.52 Å². The Morgan fingerprint density at radius 3 is 2.48 bits per heavy atom. The third-order valence-corrected chi connectivity index (χ3v) is 5.17. The van der Waals surface area contributed by atoms with Crippen molar-refractivity contribution in [3.63, 3.8) is 0 Å². The Bertz CT molecular complexity index is 978. The summed E-state index contributed by atoms with van der Waals surface area (Å²) in [7, 11) is 0. The van der Waals surface area contributed by atoms with Crippen molar-refractivity contribution in [3.05, 3.63) is 54.3 Å². The summed E-state index contributed by atoms with van der Waals surface area (Å²) in [5.74, 6) is 2.53. The summed E-state index contributed by atoms with van der Waals surface area (Å²) in [5.41, 5.74) is 0.809. The first kappa shape index (κ1) is 17.6. The number of piperazine rings is 1. The average molecular weight is 391 g/mol. The smallest absolute Gasteiger partial charge is 0.277 e. The molecular formula is C20H21N7O2. The minimum atomic E-state index is -0.319. The lowest BCUT2D eigenvalue weighted by molar-refractivity contribution is 0.101. The first-order chi connectivity index (χ1) is 14.3. The highest BCUT2D eigenvalue weighted by Gasteiger charge is 2.29. The van der Waals surface area contributed by atoms with Gasteiger partial charge in [0, 0.05) is 44.4 Å². The van der Waals surface area contributed by atoms with Crippen molar-refractivity contribution >= 4 is 23.4 Å². The molecule has 0 spiro atoms. The highest BCUT2D eigenvalue weighted by molar-refractivity contribution is 6.02. The number of rotatable bonds is 5. The number of carbonyl (C=O) groups excluding carboxylic acids is 1. The Hall–Kier alpha value is -3.49. The van der Waals surface area contributed by atoms with Gasteiger partial charge in [-0.15, -0.1) is 0 Å². The summed E-state index contributed by atoms with van der Waals surface area (Å²) < 4.78 is 5.23. The van der Waals surface area contributed by atoms with Gasteiger partial charge in [0.2, 0.25) is 5.95 Å². The van der Waals surface area contributed by atoms with E-state index in [2.05, 4.69) is 35.2 Å². The lowest BCUT2D eigenvalue weighted by Gasteiger charge is -2.35. The van der Waals surface area contributed by atoms with Gasteiger partial charge in [0.05, 0.1) is 18.1 Å². The molecule has 1 aliphatic heterocycles. The van der Waals surface area contributed by atoms with Gasteiger partial charge in [-0.3, -0.25) is 4.79 Å². The second-order valence-electron chi connectivity index (χ2n) is 7.28. The molecule has 2 aliphatic rings. The van der Waals surface area contributed by atoms with Gasteiger partial charge in [0.25, 0.3) is 5.91 Å². The fourth-order valence-corrected chi connectivity index (χ4v) is 3.38. The molecule has 9 nitrogen and oxygen atoms in total. The van der Waals surface area contributed by atoms with E-state index in [1.807, 2.05) is 24.4 Å². The summed E-state index contributed by atoms with van der Waals surface area (Å²) in [6.07, 6.45) is 7.24. The summed E-state index contributed by atoms with van der Waals surface area (Å²) >= 11 is 0. The van der Waals surface area contributed by atoms with Crippen molar-refractivity contribution in [2.24, 2.45) is 0 Å². The molecule has 1 aliphatic carbocycles. The standard InChI is InChI=1S/C20H21N7O2/c28-19(16-11-17(29-25-16)14-4-5-14)24-15-12-22-20(23-13-15)27-9-7-26(8-10-27)18-3-1-2-6-21-18/h1-3,6,11-14H,4-5,7-10H2,(H,24,28). The van der Waals surface area contributed by atoms with E-state index in [-0.39, 0.29) is 11.6 Å². The molecule has 1 N–H and O–H groups in total. The maximum atomic E-state index is 12.3. The number of nitrogens with one attached hydrogen (secondary N) is 1. The second-order valence-corrected chi connectivity index (χ2v) is 7.28. The molecule has 3 aromatic rings. The normalized spacial score (nSPS) is 16.7. The van der Waals surface area contributed by atoms with E-state index in [0.717, 1.165) is 50.6 Å². The molecule has 1 saturated heterocycles. The van der Waals surface area contributed by atoms with Crippen molar-refractivity contribution in [3.8, 4) is 0 Å². The molecular weight excluding hydrogens is 370 g/mol. The van der Waals surface area contributed by atoms with Crippen LogP contribution < -0.4 is 15.1 Å². The van der Waals surface area contributed by atoms with E-state index in [1.165, 1.54) is 0 Å². The maximum Gasteiger partial charge on any atom is 0.277 e. The zero-order valence-electron chi connectivity index (χ0n) is 15.9. The van der Waals surface area contributed by atoms with Gasteiger partial charge in [-0.05, 0) is 25.0 Å². The quantitative estimate of drug-likeness (QED) is 0.707. The predicted octanol–water partition coefficient (Wildman–Crippen LogP) is 2.32. The molecule has 5 rings (SSSR count). The van der Waals surface area contributed by atoms with Crippen LogP contribution >= 0.6 is 0 Å². The highest BCUT2D eigenvalue weighted by atomic mass is 16.5. The monoisotopic (exact) mass is 391 g/mol. The first-order valence-corrected chi connectivity index (χ1v) is 9.77. The van der Waals surface area contributed by atoms with Crippen LogP contribution in [0.3, 0.4) is 0 Å². The van der Waals surface area contributed by atoms with E-state index in [0.29, 0.717) is 17.6 Å². The van der Waals surface area contributed by atoms with Crippen molar-refractivity contribution in [2.75, 3.05) is 41.3 Å². The number of aromatic nitrogens is 4. The molecule has 148 valence electrons. The van der Waals surface area contributed by atoms with Crippen LogP contribution in [0.4, 0.5) is 17.5 Å². The molecule has 1 saturated carbocycles. The van der Waals surface area contributed by atoms with Crippen LogP contribution in [-0.2, 0) is 0 Å². The minimum absolute atomic E-state index is 0.279.